The second kappa shape index (κ2) is 5.43. The molecule has 24 heavy (non-hydrogen) atoms. The number of rotatable bonds is 3. The zero-order chi connectivity index (χ0) is 16.1. The van der Waals surface area contributed by atoms with Gasteiger partial charge in [0.2, 0.25) is 0 Å². The van der Waals surface area contributed by atoms with E-state index in [0.29, 0.717) is 17.6 Å². The van der Waals surface area contributed by atoms with Gasteiger partial charge in [0.1, 0.15) is 17.8 Å². The molecule has 0 radical (unpaired) electrons. The summed E-state index contributed by atoms with van der Waals surface area (Å²) in [5, 5.41) is 6.21. The van der Waals surface area contributed by atoms with Crippen molar-refractivity contribution >= 4 is 38.8 Å². The van der Waals surface area contributed by atoms with Crippen molar-refractivity contribution in [2.24, 2.45) is 0 Å². The predicted molar refractivity (Wildman–Crippen MR) is 94.0 cm³/mol. The Morgan fingerprint density at radius 3 is 3.08 bits per heavy atom. The summed E-state index contributed by atoms with van der Waals surface area (Å²) in [6.07, 6.45) is 5.16. The first kappa shape index (κ1) is 14.2. The summed E-state index contributed by atoms with van der Waals surface area (Å²) in [7, 11) is 0. The number of aryl methyl sites for hydroxylation is 2. The summed E-state index contributed by atoms with van der Waals surface area (Å²) >= 11 is 7.93. The van der Waals surface area contributed by atoms with E-state index in [2.05, 4.69) is 15.1 Å². The van der Waals surface area contributed by atoms with Crippen LogP contribution in [0.4, 0.5) is 0 Å². The highest BCUT2D eigenvalue weighted by Crippen LogP contribution is 2.38. The zero-order valence-electron chi connectivity index (χ0n) is 12.7. The Hall–Kier alpha value is -2.18. The highest BCUT2D eigenvalue weighted by Gasteiger charge is 2.22. The van der Waals surface area contributed by atoms with Gasteiger partial charge in [0, 0.05) is 15.5 Å². The lowest BCUT2D eigenvalue weighted by atomic mass is 10.2. The Morgan fingerprint density at radius 2 is 2.17 bits per heavy atom. The zero-order valence-corrected chi connectivity index (χ0v) is 14.3. The predicted octanol–water partition coefficient (Wildman–Crippen LogP) is 4.06. The molecule has 0 N–H and O–H groups in total. The molecule has 7 heteroatoms. The molecule has 0 bridgehead atoms. The molecule has 4 aromatic rings. The Labute approximate surface area is 146 Å². The fourth-order valence-electron chi connectivity index (χ4n) is 3.19. The van der Waals surface area contributed by atoms with Crippen LogP contribution in [0.25, 0.3) is 15.9 Å². The lowest BCUT2D eigenvalue weighted by molar-refractivity contribution is 0.281. The van der Waals surface area contributed by atoms with E-state index in [1.54, 1.807) is 22.2 Å². The van der Waals surface area contributed by atoms with Crippen LogP contribution in [0, 0.1) is 0 Å². The van der Waals surface area contributed by atoms with Gasteiger partial charge in [-0.05, 0) is 30.9 Å². The van der Waals surface area contributed by atoms with Gasteiger partial charge in [-0.1, -0.05) is 29.8 Å². The first-order valence-corrected chi connectivity index (χ1v) is 9.01. The van der Waals surface area contributed by atoms with E-state index in [0.717, 1.165) is 34.3 Å². The van der Waals surface area contributed by atoms with E-state index in [1.165, 1.54) is 16.9 Å². The highest BCUT2D eigenvalue weighted by molar-refractivity contribution is 7.19. The number of benzene rings is 1. The minimum atomic E-state index is 0.342. The van der Waals surface area contributed by atoms with Crippen LogP contribution in [-0.2, 0) is 19.4 Å². The summed E-state index contributed by atoms with van der Waals surface area (Å²) in [6, 6.07) is 7.96. The molecule has 0 saturated carbocycles. The van der Waals surface area contributed by atoms with E-state index in [4.69, 9.17) is 16.3 Å². The van der Waals surface area contributed by atoms with Crippen LogP contribution in [-0.4, -0.2) is 19.6 Å². The minimum absolute atomic E-state index is 0.342. The second-order valence-electron chi connectivity index (χ2n) is 5.82. The lowest BCUT2D eigenvalue weighted by Crippen LogP contribution is -1.97. The summed E-state index contributed by atoms with van der Waals surface area (Å²) < 4.78 is 7.45. The number of thiophene rings is 1. The summed E-state index contributed by atoms with van der Waals surface area (Å²) in [6.45, 7) is 0.342. The molecule has 0 fully saturated rings. The van der Waals surface area contributed by atoms with Crippen LogP contribution in [0.15, 0.2) is 30.6 Å². The Bertz CT molecular complexity index is 1070. The molecule has 0 atom stereocenters. The monoisotopic (exact) mass is 356 g/mol. The molecule has 3 aromatic heterocycles. The summed E-state index contributed by atoms with van der Waals surface area (Å²) in [5.74, 6) is 0. The van der Waals surface area contributed by atoms with Gasteiger partial charge >= 0.3 is 6.01 Å². The first-order valence-electron chi connectivity index (χ1n) is 7.81. The number of hydrogen-bond donors (Lipinski definition) is 0. The third kappa shape index (κ3) is 2.17. The average molecular weight is 357 g/mol. The van der Waals surface area contributed by atoms with Gasteiger partial charge in [0.25, 0.3) is 0 Å². The Balaban J connectivity index is 1.54. The molecule has 1 aliphatic carbocycles. The molecule has 1 aromatic carbocycles. The highest BCUT2D eigenvalue weighted by atomic mass is 35.5. The van der Waals surface area contributed by atoms with Crippen LogP contribution < -0.4 is 4.74 Å². The molecule has 0 spiro atoms. The standard InChI is InChI=1S/C17H13ClN4OS/c18-12-6-2-1-4-10(12)8-23-17-20-15-14-11-5-3-7-13(11)24-16(14)19-9-22(15)21-17/h1-2,4,6,9H,3,5,7-8H2. The van der Waals surface area contributed by atoms with Crippen molar-refractivity contribution in [1.29, 1.82) is 0 Å². The number of ether oxygens (including phenoxy) is 1. The molecule has 120 valence electrons. The van der Waals surface area contributed by atoms with E-state index in [-0.39, 0.29) is 0 Å². The lowest BCUT2D eigenvalue weighted by Gasteiger charge is -2.03. The van der Waals surface area contributed by atoms with Gasteiger partial charge in [0.05, 0.1) is 5.39 Å². The van der Waals surface area contributed by atoms with E-state index < -0.39 is 0 Å². The maximum atomic E-state index is 6.16. The molecule has 5 rings (SSSR count). The number of halogens is 1. The van der Waals surface area contributed by atoms with Gasteiger partial charge < -0.3 is 4.74 Å². The van der Waals surface area contributed by atoms with Crippen LogP contribution in [0.3, 0.4) is 0 Å². The van der Waals surface area contributed by atoms with E-state index >= 15 is 0 Å². The number of nitrogens with zero attached hydrogens (tertiary/aromatic N) is 4. The van der Waals surface area contributed by atoms with Gasteiger partial charge in [-0.3, -0.25) is 0 Å². The normalized spacial score (nSPS) is 13.7. The largest absolute Gasteiger partial charge is 0.457 e. The maximum absolute atomic E-state index is 6.16. The van der Waals surface area contributed by atoms with Crippen molar-refractivity contribution in [2.45, 2.75) is 25.9 Å². The summed E-state index contributed by atoms with van der Waals surface area (Å²) in [5.41, 5.74) is 3.13. The van der Waals surface area contributed by atoms with Gasteiger partial charge in [-0.25, -0.2) is 4.98 Å². The molecule has 3 heterocycles. The number of hydrogen-bond acceptors (Lipinski definition) is 5. The minimum Gasteiger partial charge on any atom is -0.457 e. The second-order valence-corrected chi connectivity index (χ2v) is 7.32. The molecule has 0 unspecified atom stereocenters. The van der Waals surface area contributed by atoms with E-state index in [9.17, 15) is 0 Å². The average Bonchev–Trinajstić information content (AvgIpc) is 3.26. The SMILES string of the molecule is Clc1ccccc1COc1nc2c3c4c(sc3ncn2n1)CCC4. The maximum Gasteiger partial charge on any atom is 0.336 e. The summed E-state index contributed by atoms with van der Waals surface area (Å²) in [4.78, 5) is 11.6. The third-order valence-corrected chi connectivity index (χ3v) is 5.91. The number of fused-ring (bicyclic) bond motifs is 5. The smallest absolute Gasteiger partial charge is 0.336 e. The van der Waals surface area contributed by atoms with Gasteiger partial charge in [0.15, 0.2) is 5.65 Å². The number of aromatic nitrogens is 4. The van der Waals surface area contributed by atoms with Gasteiger partial charge in [-0.15, -0.1) is 16.4 Å². The molecule has 1 aliphatic rings. The Morgan fingerprint density at radius 1 is 1.25 bits per heavy atom. The van der Waals surface area contributed by atoms with E-state index in [1.807, 2.05) is 24.3 Å². The molecule has 0 aliphatic heterocycles. The Kier molecular flexibility index (Phi) is 3.21. The van der Waals surface area contributed by atoms with Crippen molar-refractivity contribution in [3.05, 3.63) is 51.6 Å². The van der Waals surface area contributed by atoms with Crippen LogP contribution in [0.1, 0.15) is 22.4 Å². The topological polar surface area (TPSA) is 52.3 Å². The molecule has 5 nitrogen and oxygen atoms in total. The molecule has 0 amide bonds. The third-order valence-electron chi connectivity index (χ3n) is 4.34. The van der Waals surface area contributed by atoms with Crippen molar-refractivity contribution < 1.29 is 4.74 Å². The quantitative estimate of drug-likeness (QED) is 0.555. The van der Waals surface area contributed by atoms with Crippen molar-refractivity contribution in [3.63, 3.8) is 0 Å². The first-order chi connectivity index (χ1) is 11.8. The van der Waals surface area contributed by atoms with Crippen LogP contribution in [0.2, 0.25) is 5.02 Å². The van der Waals surface area contributed by atoms with Crippen molar-refractivity contribution in [1.82, 2.24) is 19.6 Å². The fraction of sp³-hybridized carbons (Fsp3) is 0.235. The molecular formula is C17H13ClN4OS. The van der Waals surface area contributed by atoms with Gasteiger partial charge in [-0.2, -0.15) is 9.50 Å². The van der Waals surface area contributed by atoms with Crippen molar-refractivity contribution in [3.8, 4) is 6.01 Å². The van der Waals surface area contributed by atoms with Crippen LogP contribution >= 0.6 is 22.9 Å². The molecule has 0 saturated heterocycles. The van der Waals surface area contributed by atoms with Crippen LogP contribution in [0.5, 0.6) is 6.01 Å². The fourth-order valence-corrected chi connectivity index (χ4v) is 4.61. The van der Waals surface area contributed by atoms with Crippen molar-refractivity contribution in [2.75, 3.05) is 0 Å². The molecular weight excluding hydrogens is 344 g/mol.